The zero-order chi connectivity index (χ0) is 23.8. The van der Waals surface area contributed by atoms with Crippen LogP contribution in [0.3, 0.4) is 0 Å². The molecule has 33 heavy (non-hydrogen) atoms. The molecule has 1 aromatic heterocycles. The highest BCUT2D eigenvalue weighted by atomic mass is 32.2. The first-order chi connectivity index (χ1) is 15.8. The summed E-state index contributed by atoms with van der Waals surface area (Å²) in [6.07, 6.45) is 6.84. The lowest BCUT2D eigenvalue weighted by molar-refractivity contribution is 0.0497. The molecule has 10 heteroatoms. The molecular weight excluding hydrogens is 446 g/mol. The van der Waals surface area contributed by atoms with Crippen molar-refractivity contribution in [1.82, 2.24) is 15.0 Å². The van der Waals surface area contributed by atoms with Gasteiger partial charge in [0.05, 0.1) is 17.1 Å². The molecule has 0 saturated heterocycles. The van der Waals surface area contributed by atoms with Crippen LogP contribution in [-0.4, -0.2) is 43.8 Å². The van der Waals surface area contributed by atoms with Crippen LogP contribution in [0.4, 0.5) is 0 Å². The number of ether oxygens (including phenoxy) is 1. The van der Waals surface area contributed by atoms with E-state index in [-0.39, 0.29) is 40.3 Å². The first-order valence-corrected chi connectivity index (χ1v) is 12.4. The smallest absolute Gasteiger partial charge is 0.356 e. The van der Waals surface area contributed by atoms with Crippen molar-refractivity contribution < 1.29 is 27.5 Å². The van der Waals surface area contributed by atoms with Gasteiger partial charge in [0.15, 0.2) is 0 Å². The number of aromatic nitrogens is 1. The number of amides is 2. The predicted molar refractivity (Wildman–Crippen MR) is 120 cm³/mol. The summed E-state index contributed by atoms with van der Waals surface area (Å²) >= 11 is 0. The lowest BCUT2D eigenvalue weighted by Gasteiger charge is -2.22. The molecule has 0 atom stereocenters. The van der Waals surface area contributed by atoms with Crippen molar-refractivity contribution in [2.45, 2.75) is 56.4 Å². The maximum Gasteiger partial charge on any atom is 0.356 e. The Labute approximate surface area is 193 Å². The van der Waals surface area contributed by atoms with Crippen molar-refractivity contribution >= 4 is 27.8 Å². The Balaban J connectivity index is 1.67. The van der Waals surface area contributed by atoms with Gasteiger partial charge in [-0.1, -0.05) is 32.3 Å². The van der Waals surface area contributed by atoms with Crippen LogP contribution in [0.2, 0.25) is 0 Å². The standard InChI is InChI=1S/C23H27N3O6S/c1-2-13-32-23(29)20-12-11-17(15-24-20)22(28)26-33(30,31)19-10-6-7-16(14-19)21(27)25-18-8-4-3-5-9-18/h6-7,10-12,14-15,18H,2-5,8-9,13H2,1H3,(H,25,27)(H,26,28). The monoisotopic (exact) mass is 473 g/mol. The minimum absolute atomic E-state index is 0.0135. The lowest BCUT2D eigenvalue weighted by atomic mass is 9.95. The average molecular weight is 474 g/mol. The lowest BCUT2D eigenvalue weighted by Crippen LogP contribution is -2.36. The van der Waals surface area contributed by atoms with Gasteiger partial charge in [0.2, 0.25) is 0 Å². The molecule has 2 amide bonds. The van der Waals surface area contributed by atoms with E-state index in [1.165, 1.54) is 36.4 Å². The second kappa shape index (κ2) is 11.0. The van der Waals surface area contributed by atoms with E-state index in [0.29, 0.717) is 6.42 Å². The molecule has 0 unspecified atom stereocenters. The van der Waals surface area contributed by atoms with Crippen LogP contribution in [0.15, 0.2) is 47.5 Å². The van der Waals surface area contributed by atoms with Crippen LogP contribution in [0, 0.1) is 0 Å². The Kier molecular flexibility index (Phi) is 8.16. The molecule has 1 saturated carbocycles. The first-order valence-electron chi connectivity index (χ1n) is 10.9. The Morgan fingerprint density at radius 1 is 1.03 bits per heavy atom. The normalized spacial score (nSPS) is 14.3. The predicted octanol–water partition coefficient (Wildman–Crippen LogP) is 2.83. The van der Waals surface area contributed by atoms with Crippen LogP contribution < -0.4 is 10.0 Å². The number of nitrogens with zero attached hydrogens (tertiary/aromatic N) is 1. The van der Waals surface area contributed by atoms with E-state index in [1.54, 1.807) is 0 Å². The molecule has 1 fully saturated rings. The summed E-state index contributed by atoms with van der Waals surface area (Å²) in [6, 6.07) is 8.17. The van der Waals surface area contributed by atoms with Gasteiger partial charge in [0, 0.05) is 17.8 Å². The number of benzene rings is 1. The third kappa shape index (κ3) is 6.61. The average Bonchev–Trinajstić information content (AvgIpc) is 2.83. The van der Waals surface area contributed by atoms with Crippen molar-refractivity contribution in [1.29, 1.82) is 0 Å². The van der Waals surface area contributed by atoms with E-state index < -0.39 is 21.9 Å². The number of carbonyl (C=O) groups is 3. The number of esters is 1. The second-order valence-electron chi connectivity index (χ2n) is 7.84. The fourth-order valence-corrected chi connectivity index (χ4v) is 4.50. The molecule has 1 aliphatic rings. The van der Waals surface area contributed by atoms with Gasteiger partial charge in [-0.15, -0.1) is 0 Å². The summed E-state index contributed by atoms with van der Waals surface area (Å²) in [5.74, 6) is -1.88. The summed E-state index contributed by atoms with van der Waals surface area (Å²) in [5.41, 5.74) is 0.170. The number of carbonyl (C=O) groups excluding carboxylic acids is 3. The summed E-state index contributed by atoms with van der Waals surface area (Å²) < 4.78 is 32.4. The van der Waals surface area contributed by atoms with Gasteiger partial charge in [-0.3, -0.25) is 9.59 Å². The Morgan fingerprint density at radius 3 is 2.45 bits per heavy atom. The van der Waals surface area contributed by atoms with Crippen LogP contribution >= 0.6 is 0 Å². The molecule has 9 nitrogen and oxygen atoms in total. The fraction of sp³-hybridized carbons (Fsp3) is 0.391. The van der Waals surface area contributed by atoms with Gasteiger partial charge in [0.25, 0.3) is 21.8 Å². The van der Waals surface area contributed by atoms with Crippen molar-refractivity contribution in [3.8, 4) is 0 Å². The van der Waals surface area contributed by atoms with Crippen LogP contribution in [0.25, 0.3) is 0 Å². The van der Waals surface area contributed by atoms with E-state index in [1.807, 2.05) is 11.6 Å². The van der Waals surface area contributed by atoms with Gasteiger partial charge in [0.1, 0.15) is 5.69 Å². The van der Waals surface area contributed by atoms with Crippen molar-refractivity contribution in [2.24, 2.45) is 0 Å². The third-order valence-electron chi connectivity index (χ3n) is 5.25. The largest absolute Gasteiger partial charge is 0.461 e. The van der Waals surface area contributed by atoms with E-state index in [9.17, 15) is 22.8 Å². The molecule has 1 aliphatic carbocycles. The number of sulfonamides is 1. The van der Waals surface area contributed by atoms with E-state index in [0.717, 1.165) is 38.3 Å². The maximum atomic E-state index is 12.7. The minimum Gasteiger partial charge on any atom is -0.461 e. The molecule has 2 N–H and O–H groups in total. The number of rotatable bonds is 8. The van der Waals surface area contributed by atoms with Gasteiger partial charge >= 0.3 is 5.97 Å². The van der Waals surface area contributed by atoms with Gasteiger partial charge in [-0.25, -0.2) is 22.9 Å². The summed E-state index contributed by atoms with van der Waals surface area (Å²) in [7, 11) is -4.23. The quantitative estimate of drug-likeness (QED) is 0.564. The number of pyridine rings is 1. The molecule has 0 aliphatic heterocycles. The molecule has 0 spiro atoms. The Morgan fingerprint density at radius 2 is 1.79 bits per heavy atom. The van der Waals surface area contributed by atoms with Crippen LogP contribution in [-0.2, 0) is 14.8 Å². The van der Waals surface area contributed by atoms with Gasteiger partial charge < -0.3 is 10.1 Å². The van der Waals surface area contributed by atoms with Crippen molar-refractivity contribution in [3.05, 3.63) is 59.4 Å². The van der Waals surface area contributed by atoms with Crippen LogP contribution in [0.1, 0.15) is 76.7 Å². The minimum atomic E-state index is -4.23. The highest BCUT2D eigenvalue weighted by Gasteiger charge is 2.22. The molecule has 176 valence electrons. The molecular formula is C23H27N3O6S. The maximum absolute atomic E-state index is 12.7. The van der Waals surface area contributed by atoms with E-state index in [4.69, 9.17) is 4.74 Å². The Bertz CT molecular complexity index is 1110. The second-order valence-corrected chi connectivity index (χ2v) is 9.52. The SMILES string of the molecule is CCCOC(=O)c1ccc(C(=O)NS(=O)(=O)c2cccc(C(=O)NC3CCCCC3)c2)cn1. The molecule has 1 heterocycles. The highest BCUT2D eigenvalue weighted by molar-refractivity contribution is 7.90. The first kappa shape index (κ1) is 24.4. The zero-order valence-electron chi connectivity index (χ0n) is 18.4. The van der Waals surface area contributed by atoms with Gasteiger partial charge in [-0.05, 0) is 49.6 Å². The van der Waals surface area contributed by atoms with E-state index >= 15 is 0 Å². The number of hydrogen-bond donors (Lipinski definition) is 2. The van der Waals surface area contributed by atoms with Crippen LogP contribution in [0.5, 0.6) is 0 Å². The molecule has 0 radical (unpaired) electrons. The third-order valence-corrected chi connectivity index (χ3v) is 6.57. The zero-order valence-corrected chi connectivity index (χ0v) is 19.2. The summed E-state index contributed by atoms with van der Waals surface area (Å²) in [5, 5.41) is 2.94. The highest BCUT2D eigenvalue weighted by Crippen LogP contribution is 2.18. The van der Waals surface area contributed by atoms with Gasteiger partial charge in [-0.2, -0.15) is 0 Å². The van der Waals surface area contributed by atoms with Crippen molar-refractivity contribution in [3.63, 3.8) is 0 Å². The molecule has 2 aromatic rings. The topological polar surface area (TPSA) is 132 Å². The summed E-state index contributed by atoms with van der Waals surface area (Å²) in [4.78, 5) is 40.4. The number of hydrogen-bond acceptors (Lipinski definition) is 7. The molecule has 3 rings (SSSR count). The fourth-order valence-electron chi connectivity index (χ4n) is 3.48. The molecule has 0 bridgehead atoms. The molecule has 1 aromatic carbocycles. The summed E-state index contributed by atoms with van der Waals surface area (Å²) in [6.45, 7) is 2.10. The van der Waals surface area contributed by atoms with E-state index in [2.05, 4.69) is 10.3 Å². The number of nitrogens with one attached hydrogen (secondary N) is 2. The Hall–Kier alpha value is -3.27. The van der Waals surface area contributed by atoms with Crippen molar-refractivity contribution in [2.75, 3.05) is 6.61 Å².